The van der Waals surface area contributed by atoms with Crippen LogP contribution in [0.4, 0.5) is 0 Å². The van der Waals surface area contributed by atoms with Gasteiger partial charge in [-0.2, -0.15) is 0 Å². The van der Waals surface area contributed by atoms with E-state index in [1.807, 2.05) is 26.7 Å². The van der Waals surface area contributed by atoms with Gasteiger partial charge in [-0.1, -0.05) is 30.4 Å². The van der Waals surface area contributed by atoms with Crippen molar-refractivity contribution in [3.63, 3.8) is 0 Å². The molecule has 3 rings (SSSR count). The van der Waals surface area contributed by atoms with Gasteiger partial charge in [-0.15, -0.1) is 5.06 Å². The van der Waals surface area contributed by atoms with Gasteiger partial charge >= 0.3 is 5.97 Å². The predicted molar refractivity (Wildman–Crippen MR) is 106 cm³/mol. The Labute approximate surface area is 169 Å². The van der Waals surface area contributed by atoms with Crippen molar-refractivity contribution in [2.45, 2.75) is 44.7 Å². The molecule has 0 radical (unpaired) electrons. The number of hydrogen-bond acceptors (Lipinski definition) is 6. The van der Waals surface area contributed by atoms with E-state index in [-0.39, 0.29) is 0 Å². The molecule has 7 heteroatoms. The number of allylic oxidation sites excluding steroid dienone is 3. The fourth-order valence-electron chi connectivity index (χ4n) is 3.50. The topological polar surface area (TPSA) is 85.3 Å². The summed E-state index contributed by atoms with van der Waals surface area (Å²) >= 11 is 0. The Morgan fingerprint density at radius 1 is 1.21 bits per heavy atom. The van der Waals surface area contributed by atoms with Gasteiger partial charge < -0.3 is 14.6 Å². The monoisotopic (exact) mass is 399 g/mol. The maximum Gasteiger partial charge on any atom is 0.334 e. The Morgan fingerprint density at radius 2 is 1.90 bits per heavy atom. The number of carboxylic acids is 1. The van der Waals surface area contributed by atoms with Crippen LogP contribution in [-0.2, 0) is 19.2 Å². The molecular formula is C22H25NO6. The molecule has 1 fully saturated rings. The summed E-state index contributed by atoms with van der Waals surface area (Å²) in [6.07, 6.45) is 4.94. The Hall–Kier alpha value is -2.70. The van der Waals surface area contributed by atoms with Gasteiger partial charge in [-0.3, -0.25) is 4.84 Å². The first-order valence-corrected chi connectivity index (χ1v) is 9.34. The molecule has 0 amide bonds. The highest BCUT2D eigenvalue weighted by molar-refractivity contribution is 5.74. The molecule has 1 aromatic rings. The van der Waals surface area contributed by atoms with E-state index < -0.39 is 35.9 Å². The summed E-state index contributed by atoms with van der Waals surface area (Å²) in [5.41, 5.74) is 0.458. The number of hydrogen-bond donors (Lipinski definition) is 1. The molecule has 1 unspecified atom stereocenters. The van der Waals surface area contributed by atoms with Gasteiger partial charge in [0.1, 0.15) is 11.7 Å². The maximum atomic E-state index is 12.1. The van der Waals surface area contributed by atoms with E-state index in [9.17, 15) is 14.7 Å². The zero-order valence-corrected chi connectivity index (χ0v) is 16.9. The molecule has 7 nitrogen and oxygen atoms in total. The quantitative estimate of drug-likeness (QED) is 0.762. The van der Waals surface area contributed by atoms with Crippen molar-refractivity contribution < 1.29 is 29.0 Å². The van der Waals surface area contributed by atoms with Crippen LogP contribution in [0.3, 0.4) is 0 Å². The third-order valence-electron chi connectivity index (χ3n) is 4.68. The number of aliphatic carboxylic acids is 1. The number of methoxy groups -OCH3 is 1. The Morgan fingerprint density at radius 3 is 2.45 bits per heavy atom. The number of carboxylic acid groups (broad SMARTS) is 1. The molecule has 1 aliphatic heterocycles. The number of carbonyl (C=O) groups is 1. The van der Waals surface area contributed by atoms with E-state index in [0.717, 1.165) is 5.56 Å². The lowest BCUT2D eigenvalue weighted by Crippen LogP contribution is -2.47. The van der Waals surface area contributed by atoms with Crippen LogP contribution >= 0.6 is 0 Å². The van der Waals surface area contributed by atoms with Gasteiger partial charge in [0.05, 0.1) is 18.8 Å². The standard InChI is InChI=1S/C22H25NO6/c1-22(2,3)29-23-18(17-8-6-5-7-15(17)13-24)19(21(25)26)28-20(23)14-9-11-16(27-4)12-10-14/h5-12,17-20H,1-4H3,(H,25,26)/t17?,18-,19+,20+/m0/s1. The molecule has 1 aromatic carbocycles. The Balaban J connectivity index is 2.06. The van der Waals surface area contributed by atoms with Crippen molar-refractivity contribution in [2.24, 2.45) is 5.92 Å². The van der Waals surface area contributed by atoms with Crippen molar-refractivity contribution in [2.75, 3.05) is 7.11 Å². The van der Waals surface area contributed by atoms with Crippen molar-refractivity contribution in [1.29, 1.82) is 0 Å². The fourth-order valence-corrected chi connectivity index (χ4v) is 3.50. The zero-order chi connectivity index (χ0) is 21.2. The molecule has 0 saturated carbocycles. The summed E-state index contributed by atoms with van der Waals surface area (Å²) < 4.78 is 11.2. The Kier molecular flexibility index (Phi) is 6.05. The molecule has 29 heavy (non-hydrogen) atoms. The van der Waals surface area contributed by atoms with Crippen LogP contribution < -0.4 is 4.74 Å². The predicted octanol–water partition coefficient (Wildman–Crippen LogP) is 3.08. The van der Waals surface area contributed by atoms with E-state index >= 15 is 0 Å². The first-order chi connectivity index (χ1) is 13.7. The number of rotatable bonds is 5. The molecule has 0 spiro atoms. The largest absolute Gasteiger partial charge is 0.497 e. The van der Waals surface area contributed by atoms with E-state index in [2.05, 4.69) is 0 Å². The van der Waals surface area contributed by atoms with Gasteiger partial charge in [0.2, 0.25) is 0 Å². The second kappa shape index (κ2) is 8.35. The summed E-state index contributed by atoms with van der Waals surface area (Å²) in [4.78, 5) is 29.7. The van der Waals surface area contributed by atoms with Crippen LogP contribution in [0.5, 0.6) is 5.75 Å². The van der Waals surface area contributed by atoms with Crippen molar-refractivity contribution in [1.82, 2.24) is 5.06 Å². The van der Waals surface area contributed by atoms with E-state index in [1.165, 1.54) is 0 Å². The highest BCUT2D eigenvalue weighted by Gasteiger charge is 2.52. The second-order valence-electron chi connectivity index (χ2n) is 7.90. The third-order valence-corrected chi connectivity index (χ3v) is 4.68. The van der Waals surface area contributed by atoms with E-state index in [0.29, 0.717) is 11.3 Å². The van der Waals surface area contributed by atoms with Gasteiger partial charge in [0.15, 0.2) is 12.3 Å². The molecule has 0 aromatic heterocycles. The summed E-state index contributed by atoms with van der Waals surface area (Å²) in [6, 6.07) is 6.40. The number of nitrogens with zero attached hydrogens (tertiary/aromatic N) is 1. The second-order valence-corrected chi connectivity index (χ2v) is 7.90. The SMILES string of the molecule is COc1ccc([C@H]2O[C@@H](C(=O)O)[C@H](C3C=CC=CC3=C=O)N2OC(C)(C)C)cc1. The van der Waals surface area contributed by atoms with Gasteiger partial charge in [-0.05, 0) is 44.5 Å². The minimum absolute atomic E-state index is 0.352. The van der Waals surface area contributed by atoms with Crippen LogP contribution in [0.1, 0.15) is 32.6 Å². The molecule has 4 atom stereocenters. The van der Waals surface area contributed by atoms with Crippen molar-refractivity contribution in [3.8, 4) is 5.75 Å². The lowest BCUT2D eigenvalue weighted by atomic mass is 9.86. The minimum atomic E-state index is -1.20. The first-order valence-electron chi connectivity index (χ1n) is 9.34. The van der Waals surface area contributed by atoms with Crippen molar-refractivity contribution in [3.05, 3.63) is 59.7 Å². The Bertz CT molecular complexity index is 860. The third kappa shape index (κ3) is 4.49. The van der Waals surface area contributed by atoms with E-state index in [4.69, 9.17) is 14.3 Å². The molecule has 154 valence electrons. The van der Waals surface area contributed by atoms with Gasteiger partial charge in [0, 0.05) is 11.5 Å². The summed E-state index contributed by atoms with van der Waals surface area (Å²) in [7, 11) is 1.57. The average molecular weight is 399 g/mol. The summed E-state index contributed by atoms with van der Waals surface area (Å²) in [5, 5.41) is 11.4. The van der Waals surface area contributed by atoms with Gasteiger partial charge in [0.25, 0.3) is 0 Å². The average Bonchev–Trinajstić information content (AvgIpc) is 3.05. The molecule has 0 bridgehead atoms. The lowest BCUT2D eigenvalue weighted by Gasteiger charge is -2.36. The highest BCUT2D eigenvalue weighted by atomic mass is 16.7. The molecule has 1 saturated heterocycles. The van der Waals surface area contributed by atoms with Crippen LogP contribution in [0.2, 0.25) is 0 Å². The smallest absolute Gasteiger partial charge is 0.334 e. The number of hydroxylamine groups is 2. The van der Waals surface area contributed by atoms with E-state index in [1.54, 1.807) is 60.7 Å². The van der Waals surface area contributed by atoms with Gasteiger partial charge in [-0.25, -0.2) is 9.59 Å². The molecule has 1 heterocycles. The first kappa shape index (κ1) is 21.0. The molecule has 1 N–H and O–H groups in total. The molecule has 2 aliphatic rings. The number of benzene rings is 1. The summed E-state index contributed by atoms with van der Waals surface area (Å²) in [6.45, 7) is 5.61. The minimum Gasteiger partial charge on any atom is -0.497 e. The lowest BCUT2D eigenvalue weighted by molar-refractivity contribution is -0.278. The van der Waals surface area contributed by atoms with Crippen LogP contribution in [0.15, 0.2) is 54.1 Å². The number of ether oxygens (including phenoxy) is 2. The fraction of sp³-hybridized carbons (Fsp3) is 0.409. The molecule has 1 aliphatic carbocycles. The highest BCUT2D eigenvalue weighted by Crippen LogP contribution is 2.42. The normalized spacial score (nSPS) is 27.1. The number of carbonyl (C=O) groups excluding carboxylic acids is 1. The van der Waals surface area contributed by atoms with Crippen molar-refractivity contribution >= 4 is 11.9 Å². The van der Waals surface area contributed by atoms with Crippen LogP contribution in [-0.4, -0.2) is 46.9 Å². The van der Waals surface area contributed by atoms with Crippen LogP contribution in [0, 0.1) is 5.92 Å². The summed E-state index contributed by atoms with van der Waals surface area (Å²) in [5.74, 6) is 0.938. The maximum absolute atomic E-state index is 12.1. The van der Waals surface area contributed by atoms with Crippen LogP contribution in [0.25, 0.3) is 0 Å². The zero-order valence-electron chi connectivity index (χ0n) is 16.9. The molecular weight excluding hydrogens is 374 g/mol.